The molecule has 0 bridgehead atoms. The third-order valence-electron chi connectivity index (χ3n) is 4.15. The smallest absolute Gasteiger partial charge is 0.234 e. The van der Waals surface area contributed by atoms with Gasteiger partial charge in [0.1, 0.15) is 19.0 Å². The van der Waals surface area contributed by atoms with Crippen LogP contribution in [-0.4, -0.2) is 26.2 Å². The molecule has 1 heterocycles. The predicted molar refractivity (Wildman–Crippen MR) is 92.1 cm³/mol. The molecule has 1 aliphatic rings. The second-order valence-corrected chi connectivity index (χ2v) is 6.14. The van der Waals surface area contributed by atoms with Crippen molar-refractivity contribution in [2.75, 3.05) is 25.6 Å². The number of para-hydroxylation sites is 1. The molecule has 1 aliphatic heterocycles. The van der Waals surface area contributed by atoms with Crippen LogP contribution in [0.25, 0.3) is 0 Å². The lowest BCUT2D eigenvalue weighted by molar-refractivity contribution is -0.120. The minimum Gasteiger partial charge on any atom is -0.496 e. The van der Waals surface area contributed by atoms with Crippen molar-refractivity contribution in [2.45, 2.75) is 19.3 Å². The number of anilines is 1. The molecular weight excluding hydrogens is 306 g/mol. The first-order valence-electron chi connectivity index (χ1n) is 7.87. The van der Waals surface area contributed by atoms with E-state index >= 15 is 0 Å². The maximum absolute atomic E-state index is 12.8. The van der Waals surface area contributed by atoms with E-state index in [2.05, 4.69) is 5.32 Å². The van der Waals surface area contributed by atoms with Crippen LogP contribution in [0.2, 0.25) is 0 Å². The van der Waals surface area contributed by atoms with Crippen LogP contribution in [0, 0.1) is 0 Å². The predicted octanol–water partition coefficient (Wildman–Crippen LogP) is 3.38. The van der Waals surface area contributed by atoms with E-state index in [9.17, 15) is 4.79 Å². The molecule has 5 heteroatoms. The van der Waals surface area contributed by atoms with Crippen LogP contribution < -0.4 is 19.5 Å². The second-order valence-electron chi connectivity index (χ2n) is 6.14. The van der Waals surface area contributed by atoms with Crippen LogP contribution in [0.1, 0.15) is 19.4 Å². The number of nitrogens with one attached hydrogen (secondary N) is 1. The molecule has 1 N–H and O–H groups in total. The van der Waals surface area contributed by atoms with Crippen molar-refractivity contribution in [3.8, 4) is 17.2 Å². The highest BCUT2D eigenvalue weighted by Crippen LogP contribution is 2.35. The van der Waals surface area contributed by atoms with Crippen LogP contribution in [0.5, 0.6) is 17.2 Å². The van der Waals surface area contributed by atoms with Crippen molar-refractivity contribution in [3.63, 3.8) is 0 Å². The van der Waals surface area contributed by atoms with E-state index in [0.29, 0.717) is 36.1 Å². The minimum atomic E-state index is -0.750. The number of carbonyl (C=O) groups excluding carboxylic acids is 1. The Balaban J connectivity index is 1.83. The number of benzene rings is 2. The summed E-state index contributed by atoms with van der Waals surface area (Å²) in [5.74, 6) is 1.92. The van der Waals surface area contributed by atoms with E-state index in [1.165, 1.54) is 0 Å². The summed E-state index contributed by atoms with van der Waals surface area (Å²) in [5.41, 5.74) is 0.759. The summed E-state index contributed by atoms with van der Waals surface area (Å²) in [6.45, 7) is 4.80. The topological polar surface area (TPSA) is 56.8 Å². The zero-order valence-corrected chi connectivity index (χ0v) is 14.1. The van der Waals surface area contributed by atoms with Crippen molar-refractivity contribution in [3.05, 3.63) is 48.0 Å². The van der Waals surface area contributed by atoms with Crippen molar-refractivity contribution in [1.82, 2.24) is 0 Å². The number of methoxy groups -OCH3 is 1. The third kappa shape index (κ3) is 3.02. The first kappa shape index (κ1) is 16.2. The average Bonchev–Trinajstić information content (AvgIpc) is 2.61. The number of carbonyl (C=O) groups is 1. The first-order chi connectivity index (χ1) is 11.5. The Morgan fingerprint density at radius 2 is 1.79 bits per heavy atom. The molecule has 2 aromatic carbocycles. The van der Waals surface area contributed by atoms with Crippen molar-refractivity contribution < 1.29 is 19.0 Å². The first-order valence-corrected chi connectivity index (χ1v) is 7.87. The number of ether oxygens (including phenoxy) is 3. The highest BCUT2D eigenvalue weighted by atomic mass is 16.6. The maximum Gasteiger partial charge on any atom is 0.234 e. The monoisotopic (exact) mass is 327 g/mol. The lowest BCUT2D eigenvalue weighted by Gasteiger charge is -2.26. The van der Waals surface area contributed by atoms with Gasteiger partial charge in [-0.1, -0.05) is 18.2 Å². The van der Waals surface area contributed by atoms with Crippen molar-refractivity contribution >= 4 is 11.6 Å². The Hall–Kier alpha value is -2.69. The van der Waals surface area contributed by atoms with Gasteiger partial charge >= 0.3 is 0 Å². The van der Waals surface area contributed by atoms with Crippen LogP contribution in [-0.2, 0) is 10.2 Å². The Morgan fingerprint density at radius 3 is 2.54 bits per heavy atom. The van der Waals surface area contributed by atoms with E-state index < -0.39 is 5.41 Å². The summed E-state index contributed by atoms with van der Waals surface area (Å²) in [6.07, 6.45) is 0. The lowest BCUT2D eigenvalue weighted by Crippen LogP contribution is -2.35. The van der Waals surface area contributed by atoms with Gasteiger partial charge in [0.2, 0.25) is 5.91 Å². The zero-order chi connectivity index (χ0) is 17.2. The van der Waals surface area contributed by atoms with Gasteiger partial charge in [-0.05, 0) is 32.0 Å². The van der Waals surface area contributed by atoms with Gasteiger partial charge in [-0.3, -0.25) is 4.79 Å². The molecule has 0 radical (unpaired) electrons. The highest BCUT2D eigenvalue weighted by molar-refractivity contribution is 5.99. The summed E-state index contributed by atoms with van der Waals surface area (Å²) < 4.78 is 16.4. The van der Waals surface area contributed by atoms with E-state index in [1.807, 2.05) is 44.2 Å². The second kappa shape index (κ2) is 6.43. The van der Waals surface area contributed by atoms with E-state index in [4.69, 9.17) is 14.2 Å². The van der Waals surface area contributed by atoms with Crippen LogP contribution in [0.3, 0.4) is 0 Å². The molecule has 2 aromatic rings. The van der Waals surface area contributed by atoms with Gasteiger partial charge in [0.25, 0.3) is 0 Å². The van der Waals surface area contributed by atoms with E-state index in [0.717, 1.165) is 5.56 Å². The van der Waals surface area contributed by atoms with E-state index in [1.54, 1.807) is 19.2 Å². The quantitative estimate of drug-likeness (QED) is 0.935. The highest BCUT2D eigenvalue weighted by Gasteiger charge is 2.32. The molecule has 5 nitrogen and oxygen atoms in total. The summed E-state index contributed by atoms with van der Waals surface area (Å²) in [5, 5.41) is 2.95. The number of rotatable bonds is 4. The van der Waals surface area contributed by atoms with Crippen molar-refractivity contribution in [2.24, 2.45) is 0 Å². The summed E-state index contributed by atoms with van der Waals surface area (Å²) in [4.78, 5) is 12.8. The van der Waals surface area contributed by atoms with Gasteiger partial charge in [-0.2, -0.15) is 0 Å². The van der Waals surface area contributed by atoms with Gasteiger partial charge in [0.15, 0.2) is 11.5 Å². The number of fused-ring (bicyclic) bond motifs is 1. The fraction of sp³-hybridized carbons (Fsp3) is 0.316. The van der Waals surface area contributed by atoms with Gasteiger partial charge in [0, 0.05) is 17.3 Å². The Bertz CT molecular complexity index is 755. The molecule has 24 heavy (non-hydrogen) atoms. The van der Waals surface area contributed by atoms with Crippen LogP contribution >= 0.6 is 0 Å². The standard InChI is InChI=1S/C19H21NO4/c1-19(2,14-6-4-5-7-15(14)22-3)18(21)20-13-8-9-16-17(12-13)24-11-10-23-16/h4-9,12H,10-11H2,1-3H3,(H,20,21). The summed E-state index contributed by atoms with van der Waals surface area (Å²) in [6, 6.07) is 12.9. The van der Waals surface area contributed by atoms with E-state index in [-0.39, 0.29) is 5.91 Å². The Morgan fingerprint density at radius 1 is 1.08 bits per heavy atom. The Kier molecular flexibility index (Phi) is 4.34. The lowest BCUT2D eigenvalue weighted by atomic mass is 9.83. The zero-order valence-electron chi connectivity index (χ0n) is 14.1. The van der Waals surface area contributed by atoms with Gasteiger partial charge in [0.05, 0.1) is 12.5 Å². The third-order valence-corrected chi connectivity index (χ3v) is 4.15. The maximum atomic E-state index is 12.8. The molecule has 0 saturated carbocycles. The molecule has 0 aromatic heterocycles. The molecule has 1 amide bonds. The normalized spacial score (nSPS) is 13.3. The average molecular weight is 327 g/mol. The van der Waals surface area contributed by atoms with Gasteiger partial charge in [-0.15, -0.1) is 0 Å². The fourth-order valence-electron chi connectivity index (χ4n) is 2.69. The summed E-state index contributed by atoms with van der Waals surface area (Å²) >= 11 is 0. The summed E-state index contributed by atoms with van der Waals surface area (Å²) in [7, 11) is 1.60. The molecule has 0 aliphatic carbocycles. The van der Waals surface area contributed by atoms with Crippen LogP contribution in [0.4, 0.5) is 5.69 Å². The molecule has 0 atom stereocenters. The van der Waals surface area contributed by atoms with Gasteiger partial charge in [-0.25, -0.2) is 0 Å². The number of amides is 1. The molecule has 0 fully saturated rings. The number of hydrogen-bond acceptors (Lipinski definition) is 4. The van der Waals surface area contributed by atoms with Crippen molar-refractivity contribution in [1.29, 1.82) is 0 Å². The largest absolute Gasteiger partial charge is 0.496 e. The molecule has 126 valence electrons. The molecule has 0 unspecified atom stereocenters. The molecule has 3 rings (SSSR count). The Labute approximate surface area is 141 Å². The minimum absolute atomic E-state index is 0.122. The van der Waals surface area contributed by atoms with Crippen LogP contribution in [0.15, 0.2) is 42.5 Å². The fourth-order valence-corrected chi connectivity index (χ4v) is 2.69. The number of hydrogen-bond donors (Lipinski definition) is 1. The molecule has 0 saturated heterocycles. The molecular formula is C19H21NO4. The van der Waals surface area contributed by atoms with Gasteiger partial charge < -0.3 is 19.5 Å². The SMILES string of the molecule is COc1ccccc1C(C)(C)C(=O)Nc1ccc2c(c1)OCCO2. The molecule has 0 spiro atoms.